The number of nitro groups is 1. The smallest absolute Gasteiger partial charge is 0.315 e. The lowest BCUT2D eigenvalue weighted by molar-refractivity contribution is -0.386. The van der Waals surface area contributed by atoms with Gasteiger partial charge in [-0.2, -0.15) is 0 Å². The number of carbonyl (C=O) groups excluding carboxylic acids is 1. The van der Waals surface area contributed by atoms with Gasteiger partial charge in [-0.05, 0) is 34.8 Å². The van der Waals surface area contributed by atoms with E-state index >= 15 is 0 Å². The van der Waals surface area contributed by atoms with Crippen LogP contribution in [0.5, 0.6) is 5.75 Å². The first-order valence-corrected chi connectivity index (χ1v) is 7.48. The molecular formula is C14H15BrFNO4. The number of carbonyl (C=O) groups is 1. The van der Waals surface area contributed by atoms with Crippen LogP contribution in [-0.2, 0) is 4.79 Å². The van der Waals surface area contributed by atoms with Crippen LogP contribution in [-0.4, -0.2) is 16.8 Å². The van der Waals surface area contributed by atoms with Gasteiger partial charge in [0, 0.05) is 6.42 Å². The molecule has 1 aromatic rings. The van der Waals surface area contributed by atoms with Crippen molar-refractivity contribution in [1.29, 1.82) is 0 Å². The van der Waals surface area contributed by atoms with Gasteiger partial charge in [0.15, 0.2) is 0 Å². The molecular weight excluding hydrogens is 345 g/mol. The number of benzene rings is 1. The lowest BCUT2D eigenvalue weighted by Crippen LogP contribution is -2.56. The van der Waals surface area contributed by atoms with Gasteiger partial charge in [0.1, 0.15) is 17.7 Å². The summed E-state index contributed by atoms with van der Waals surface area (Å²) in [6.45, 7) is 3.79. The summed E-state index contributed by atoms with van der Waals surface area (Å²) in [6, 6.07) is 1.93. The number of ketones is 1. The lowest BCUT2D eigenvalue weighted by atomic mass is 9.61. The van der Waals surface area contributed by atoms with Crippen molar-refractivity contribution in [3.8, 4) is 5.75 Å². The first kappa shape index (κ1) is 15.9. The molecule has 0 saturated heterocycles. The molecule has 1 unspecified atom stereocenters. The minimum atomic E-state index is -0.720. The zero-order valence-corrected chi connectivity index (χ0v) is 13.3. The van der Waals surface area contributed by atoms with Gasteiger partial charge >= 0.3 is 5.69 Å². The normalized spacial score (nSPS) is 20.0. The molecule has 7 heteroatoms. The molecule has 1 aromatic carbocycles. The Hall–Kier alpha value is -1.50. The minimum Gasteiger partial charge on any atom is -0.481 e. The van der Waals surface area contributed by atoms with Gasteiger partial charge in [-0.25, -0.2) is 4.39 Å². The molecule has 0 N–H and O–H groups in total. The number of nitro benzene ring substituents is 1. The van der Waals surface area contributed by atoms with E-state index in [2.05, 4.69) is 15.9 Å². The lowest BCUT2D eigenvalue weighted by Gasteiger charge is -2.46. The Morgan fingerprint density at radius 3 is 2.57 bits per heavy atom. The number of hydrogen-bond acceptors (Lipinski definition) is 4. The van der Waals surface area contributed by atoms with Crippen LogP contribution in [0.1, 0.15) is 33.1 Å². The van der Waals surface area contributed by atoms with Crippen LogP contribution < -0.4 is 4.74 Å². The average molecular weight is 360 g/mol. The SMILES string of the molecule is CCC1(CC)C(=O)CC1Oc1c(Br)cc(F)cc1[N+](=O)[O-]. The highest BCUT2D eigenvalue weighted by Crippen LogP contribution is 2.48. The van der Waals surface area contributed by atoms with Crippen molar-refractivity contribution in [2.45, 2.75) is 39.2 Å². The third-order valence-corrected chi connectivity index (χ3v) is 4.84. The van der Waals surface area contributed by atoms with Crippen LogP contribution >= 0.6 is 15.9 Å². The maximum Gasteiger partial charge on any atom is 0.315 e. The predicted octanol–water partition coefficient (Wildman–Crippen LogP) is 4.02. The summed E-state index contributed by atoms with van der Waals surface area (Å²) in [4.78, 5) is 22.2. The minimum absolute atomic E-state index is 0.0230. The molecule has 1 atom stereocenters. The van der Waals surface area contributed by atoms with Crippen molar-refractivity contribution in [3.63, 3.8) is 0 Å². The first-order chi connectivity index (χ1) is 9.85. The zero-order valence-electron chi connectivity index (χ0n) is 11.7. The number of rotatable bonds is 5. The zero-order chi connectivity index (χ0) is 15.8. The van der Waals surface area contributed by atoms with Crippen molar-refractivity contribution in [2.24, 2.45) is 5.41 Å². The van der Waals surface area contributed by atoms with Gasteiger partial charge in [0.25, 0.3) is 0 Å². The van der Waals surface area contributed by atoms with Crippen molar-refractivity contribution >= 4 is 27.4 Å². The molecule has 0 spiro atoms. The number of ether oxygens (including phenoxy) is 1. The third kappa shape index (κ3) is 2.54. The molecule has 0 radical (unpaired) electrons. The van der Waals surface area contributed by atoms with Crippen molar-refractivity contribution in [1.82, 2.24) is 0 Å². The standard InChI is InChI=1S/C14H15BrFNO4/c1-3-14(4-2)11(18)7-12(14)21-13-9(15)5-8(16)6-10(13)17(19)20/h5-6,12H,3-4,7H2,1-2H3. The monoisotopic (exact) mass is 359 g/mol. The summed E-state index contributed by atoms with van der Waals surface area (Å²) >= 11 is 3.09. The molecule has 21 heavy (non-hydrogen) atoms. The Kier molecular flexibility index (Phi) is 4.32. The van der Waals surface area contributed by atoms with Gasteiger partial charge in [-0.3, -0.25) is 14.9 Å². The van der Waals surface area contributed by atoms with E-state index in [-0.39, 0.29) is 22.4 Å². The molecule has 1 fully saturated rings. The van der Waals surface area contributed by atoms with E-state index in [4.69, 9.17) is 4.74 Å². The van der Waals surface area contributed by atoms with E-state index in [1.807, 2.05) is 13.8 Å². The average Bonchev–Trinajstić information content (AvgIpc) is 2.41. The highest BCUT2D eigenvalue weighted by Gasteiger charge is 2.54. The van der Waals surface area contributed by atoms with Crippen molar-refractivity contribution in [2.75, 3.05) is 0 Å². The summed E-state index contributed by atoms with van der Waals surface area (Å²) in [6.07, 6.45) is 1.03. The summed E-state index contributed by atoms with van der Waals surface area (Å²) in [5.74, 6) is -0.633. The topological polar surface area (TPSA) is 69.4 Å². The summed E-state index contributed by atoms with van der Waals surface area (Å²) in [5.41, 5.74) is -1.04. The fraction of sp³-hybridized carbons (Fsp3) is 0.500. The molecule has 114 valence electrons. The molecule has 0 amide bonds. The second-order valence-corrected chi connectivity index (χ2v) is 5.94. The Labute approximate surface area is 129 Å². The van der Waals surface area contributed by atoms with Crippen molar-refractivity contribution in [3.05, 3.63) is 32.5 Å². The van der Waals surface area contributed by atoms with E-state index in [1.54, 1.807) is 0 Å². The molecule has 1 aliphatic carbocycles. The predicted molar refractivity (Wildman–Crippen MR) is 77.8 cm³/mol. The molecule has 0 bridgehead atoms. The quantitative estimate of drug-likeness (QED) is 0.587. The van der Waals surface area contributed by atoms with E-state index in [0.29, 0.717) is 12.8 Å². The highest BCUT2D eigenvalue weighted by atomic mass is 79.9. The molecule has 5 nitrogen and oxygen atoms in total. The third-order valence-electron chi connectivity index (χ3n) is 4.25. The summed E-state index contributed by atoms with van der Waals surface area (Å²) in [7, 11) is 0. The van der Waals surface area contributed by atoms with Crippen LogP contribution in [0, 0.1) is 21.3 Å². The maximum atomic E-state index is 13.3. The van der Waals surface area contributed by atoms with Crippen LogP contribution in [0.15, 0.2) is 16.6 Å². The highest BCUT2D eigenvalue weighted by molar-refractivity contribution is 9.10. The fourth-order valence-electron chi connectivity index (χ4n) is 2.81. The van der Waals surface area contributed by atoms with Gasteiger partial charge in [0.05, 0.1) is 20.9 Å². The summed E-state index contributed by atoms with van der Waals surface area (Å²) in [5, 5.41) is 11.0. The van der Waals surface area contributed by atoms with Crippen LogP contribution in [0.2, 0.25) is 0 Å². The second kappa shape index (κ2) is 5.71. The number of nitrogens with zero attached hydrogens (tertiary/aromatic N) is 1. The van der Waals surface area contributed by atoms with E-state index < -0.39 is 27.9 Å². The van der Waals surface area contributed by atoms with Crippen LogP contribution in [0.4, 0.5) is 10.1 Å². The molecule has 1 aliphatic rings. The number of halogens is 2. The van der Waals surface area contributed by atoms with Gasteiger partial charge in [-0.1, -0.05) is 13.8 Å². The van der Waals surface area contributed by atoms with Crippen LogP contribution in [0.3, 0.4) is 0 Å². The van der Waals surface area contributed by atoms with E-state index in [1.165, 1.54) is 0 Å². The molecule has 0 aromatic heterocycles. The summed E-state index contributed by atoms with van der Waals surface area (Å²) < 4.78 is 19.2. The molecule has 1 saturated carbocycles. The van der Waals surface area contributed by atoms with Gasteiger partial charge < -0.3 is 4.74 Å². The Bertz CT molecular complexity index is 601. The van der Waals surface area contributed by atoms with Crippen LogP contribution in [0.25, 0.3) is 0 Å². The molecule has 2 rings (SSSR count). The number of Topliss-reactive ketones (excluding diaryl/α,β-unsaturated/α-hetero) is 1. The van der Waals surface area contributed by atoms with E-state index in [9.17, 15) is 19.3 Å². The first-order valence-electron chi connectivity index (χ1n) is 6.69. The van der Waals surface area contributed by atoms with Crippen molar-refractivity contribution < 1.29 is 18.8 Å². The van der Waals surface area contributed by atoms with Gasteiger partial charge in [-0.15, -0.1) is 0 Å². The van der Waals surface area contributed by atoms with E-state index in [0.717, 1.165) is 12.1 Å². The fourth-order valence-corrected chi connectivity index (χ4v) is 3.33. The molecule has 0 heterocycles. The number of hydrogen-bond donors (Lipinski definition) is 0. The second-order valence-electron chi connectivity index (χ2n) is 5.09. The Morgan fingerprint density at radius 2 is 2.10 bits per heavy atom. The molecule has 0 aliphatic heterocycles. The van der Waals surface area contributed by atoms with Gasteiger partial charge in [0.2, 0.25) is 5.75 Å². The Morgan fingerprint density at radius 1 is 1.48 bits per heavy atom. The maximum absolute atomic E-state index is 13.3. The Balaban J connectivity index is 2.37. The largest absolute Gasteiger partial charge is 0.481 e.